The largest absolute Gasteiger partial charge is 0.460 e. The molecule has 0 aliphatic carbocycles. The number of ether oxygens (including phenoxy) is 1. The van der Waals surface area contributed by atoms with E-state index in [1.807, 2.05) is 0 Å². The van der Waals surface area contributed by atoms with Crippen LogP contribution in [0.2, 0.25) is 0 Å². The van der Waals surface area contributed by atoms with Gasteiger partial charge >= 0.3 is 5.97 Å². The Labute approximate surface area is 85.4 Å². The molecule has 0 saturated heterocycles. The van der Waals surface area contributed by atoms with Gasteiger partial charge in [-0.1, -0.05) is 0 Å². The molecule has 0 aromatic rings. The van der Waals surface area contributed by atoms with Crippen molar-refractivity contribution in [3.8, 4) is 0 Å². The number of carbonyl (C=O) groups is 1. The molecule has 1 atom stereocenters. The summed E-state index contributed by atoms with van der Waals surface area (Å²) in [4.78, 5) is 11.3. The van der Waals surface area contributed by atoms with Gasteiger partial charge in [0.05, 0.1) is 6.61 Å². The highest BCUT2D eigenvalue weighted by Crippen LogP contribution is 2.42. The number of rotatable bonds is 4. The van der Waals surface area contributed by atoms with Crippen molar-refractivity contribution in [2.45, 2.75) is 33.3 Å². The highest BCUT2D eigenvalue weighted by Gasteiger charge is 2.24. The van der Waals surface area contributed by atoms with Crippen molar-refractivity contribution in [3.05, 3.63) is 0 Å². The van der Waals surface area contributed by atoms with E-state index < -0.39 is 18.9 Å². The SMILES string of the molecule is CCOP(C)(=O)CC(=O)OC(C)(C)C. The Morgan fingerprint density at radius 1 is 1.36 bits per heavy atom. The maximum atomic E-state index is 11.6. The molecule has 0 saturated carbocycles. The maximum Gasteiger partial charge on any atom is 0.316 e. The van der Waals surface area contributed by atoms with Crippen LogP contribution in [0.4, 0.5) is 0 Å². The summed E-state index contributed by atoms with van der Waals surface area (Å²) in [7, 11) is -2.81. The van der Waals surface area contributed by atoms with Gasteiger partial charge < -0.3 is 9.26 Å². The van der Waals surface area contributed by atoms with Crippen LogP contribution in [0, 0.1) is 0 Å². The average Bonchev–Trinajstić information content (AvgIpc) is 1.78. The van der Waals surface area contributed by atoms with E-state index in [-0.39, 0.29) is 6.16 Å². The van der Waals surface area contributed by atoms with Crippen molar-refractivity contribution in [1.29, 1.82) is 0 Å². The van der Waals surface area contributed by atoms with Crippen LogP contribution < -0.4 is 0 Å². The van der Waals surface area contributed by atoms with E-state index in [0.29, 0.717) is 6.61 Å². The lowest BCUT2D eigenvalue weighted by Crippen LogP contribution is -2.25. The van der Waals surface area contributed by atoms with Crippen LogP contribution in [0.1, 0.15) is 27.7 Å². The molecular weight excluding hydrogens is 203 g/mol. The average molecular weight is 222 g/mol. The summed E-state index contributed by atoms with van der Waals surface area (Å²) in [5, 5.41) is 0. The van der Waals surface area contributed by atoms with Crippen molar-refractivity contribution >= 4 is 13.3 Å². The van der Waals surface area contributed by atoms with E-state index in [9.17, 15) is 9.36 Å². The highest BCUT2D eigenvalue weighted by atomic mass is 31.2. The van der Waals surface area contributed by atoms with Crippen LogP contribution in [0.15, 0.2) is 0 Å². The first-order chi connectivity index (χ1) is 6.16. The smallest absolute Gasteiger partial charge is 0.316 e. The first-order valence-electron chi connectivity index (χ1n) is 4.59. The van der Waals surface area contributed by atoms with Crippen LogP contribution in [0.5, 0.6) is 0 Å². The zero-order chi connectivity index (χ0) is 11.4. The minimum Gasteiger partial charge on any atom is -0.460 e. The Balaban J connectivity index is 4.13. The third-order valence-corrected chi connectivity index (χ3v) is 2.88. The Morgan fingerprint density at radius 2 is 1.86 bits per heavy atom. The molecular formula is C9H19O4P. The van der Waals surface area contributed by atoms with Crippen LogP contribution in [0.25, 0.3) is 0 Å². The molecule has 0 rings (SSSR count). The number of hydrogen-bond acceptors (Lipinski definition) is 4. The van der Waals surface area contributed by atoms with Gasteiger partial charge in [-0.2, -0.15) is 0 Å². The van der Waals surface area contributed by atoms with Crippen LogP contribution in [0.3, 0.4) is 0 Å². The molecule has 0 aromatic carbocycles. The van der Waals surface area contributed by atoms with Crippen molar-refractivity contribution in [2.24, 2.45) is 0 Å². The summed E-state index contributed by atoms with van der Waals surface area (Å²) in [6.07, 6.45) is -0.155. The summed E-state index contributed by atoms with van der Waals surface area (Å²) in [5.74, 6) is -0.475. The van der Waals surface area contributed by atoms with E-state index in [1.165, 1.54) is 6.66 Å². The van der Waals surface area contributed by atoms with E-state index in [2.05, 4.69) is 0 Å². The van der Waals surface area contributed by atoms with Gasteiger partial charge in [0, 0.05) is 6.66 Å². The van der Waals surface area contributed by atoms with Gasteiger partial charge in [-0.05, 0) is 27.7 Å². The monoisotopic (exact) mass is 222 g/mol. The second-order valence-corrected chi connectivity index (χ2v) is 6.78. The Hall–Kier alpha value is -0.340. The van der Waals surface area contributed by atoms with Gasteiger partial charge in [0.25, 0.3) is 0 Å². The molecule has 0 fully saturated rings. The first kappa shape index (κ1) is 13.7. The summed E-state index contributed by atoms with van der Waals surface area (Å²) in [6.45, 7) is 8.84. The van der Waals surface area contributed by atoms with Gasteiger partial charge in [0.1, 0.15) is 11.8 Å². The fraction of sp³-hybridized carbons (Fsp3) is 0.889. The van der Waals surface area contributed by atoms with Crippen molar-refractivity contribution in [2.75, 3.05) is 19.4 Å². The predicted octanol–water partition coefficient (Wildman–Crippen LogP) is 2.27. The van der Waals surface area contributed by atoms with Gasteiger partial charge in [-0.15, -0.1) is 0 Å². The van der Waals surface area contributed by atoms with E-state index in [1.54, 1.807) is 27.7 Å². The molecule has 1 unspecified atom stereocenters. The van der Waals surface area contributed by atoms with Gasteiger partial charge in [0.2, 0.25) is 7.37 Å². The molecule has 0 N–H and O–H groups in total. The topological polar surface area (TPSA) is 52.6 Å². The summed E-state index contributed by atoms with van der Waals surface area (Å²) in [6, 6.07) is 0. The molecule has 0 aliphatic heterocycles. The fourth-order valence-electron chi connectivity index (χ4n) is 0.927. The molecule has 0 aromatic heterocycles. The lowest BCUT2D eigenvalue weighted by Gasteiger charge is -2.20. The zero-order valence-corrected chi connectivity index (χ0v) is 10.4. The molecule has 0 amide bonds. The Bertz CT molecular complexity index is 242. The number of hydrogen-bond donors (Lipinski definition) is 0. The molecule has 0 aliphatic rings. The van der Waals surface area contributed by atoms with Gasteiger partial charge in [0.15, 0.2) is 0 Å². The highest BCUT2D eigenvalue weighted by molar-refractivity contribution is 7.59. The predicted molar refractivity (Wildman–Crippen MR) is 55.9 cm³/mol. The van der Waals surface area contributed by atoms with Crippen molar-refractivity contribution in [1.82, 2.24) is 0 Å². The molecule has 5 heteroatoms. The lowest BCUT2D eigenvalue weighted by molar-refractivity contribution is -0.151. The molecule has 14 heavy (non-hydrogen) atoms. The summed E-state index contributed by atoms with van der Waals surface area (Å²) in [5.41, 5.74) is -0.538. The third kappa shape index (κ3) is 7.10. The normalized spacial score (nSPS) is 16.1. The fourth-order valence-corrected chi connectivity index (χ4v) is 2.10. The second-order valence-electron chi connectivity index (χ2n) is 4.18. The molecule has 4 nitrogen and oxygen atoms in total. The maximum absolute atomic E-state index is 11.6. The Kier molecular flexibility index (Phi) is 4.82. The number of esters is 1. The molecule has 0 radical (unpaired) electrons. The first-order valence-corrected chi connectivity index (χ1v) is 6.85. The van der Waals surface area contributed by atoms with Crippen LogP contribution >= 0.6 is 7.37 Å². The summed E-state index contributed by atoms with van der Waals surface area (Å²) < 4.78 is 21.6. The number of carbonyl (C=O) groups excluding carboxylic acids is 1. The standard InChI is InChI=1S/C9H19O4P/c1-6-12-14(5,11)7-8(10)13-9(2,3)4/h6-7H2,1-5H3. The molecule has 0 bridgehead atoms. The van der Waals surface area contributed by atoms with Crippen molar-refractivity contribution < 1.29 is 18.6 Å². The molecule has 0 spiro atoms. The third-order valence-electron chi connectivity index (χ3n) is 1.24. The van der Waals surface area contributed by atoms with Crippen LogP contribution in [-0.4, -0.2) is 31.0 Å². The van der Waals surface area contributed by atoms with E-state index >= 15 is 0 Å². The molecule has 84 valence electrons. The van der Waals surface area contributed by atoms with Gasteiger partial charge in [-0.3, -0.25) is 9.36 Å². The second kappa shape index (κ2) is 4.94. The lowest BCUT2D eigenvalue weighted by atomic mass is 10.2. The van der Waals surface area contributed by atoms with E-state index in [0.717, 1.165) is 0 Å². The quantitative estimate of drug-likeness (QED) is 0.541. The van der Waals surface area contributed by atoms with Crippen molar-refractivity contribution in [3.63, 3.8) is 0 Å². The minimum absolute atomic E-state index is 0.155. The van der Waals surface area contributed by atoms with E-state index in [4.69, 9.17) is 9.26 Å². The van der Waals surface area contributed by atoms with Gasteiger partial charge in [-0.25, -0.2) is 0 Å². The zero-order valence-electron chi connectivity index (χ0n) is 9.49. The van der Waals surface area contributed by atoms with Crippen LogP contribution in [-0.2, 0) is 18.6 Å². The molecule has 0 heterocycles. The minimum atomic E-state index is -2.81. The Morgan fingerprint density at radius 3 is 2.21 bits per heavy atom. The summed E-state index contributed by atoms with van der Waals surface area (Å²) >= 11 is 0.